The van der Waals surface area contributed by atoms with E-state index in [-0.39, 0.29) is 0 Å². The van der Waals surface area contributed by atoms with E-state index in [0.717, 1.165) is 26.1 Å². The van der Waals surface area contributed by atoms with Crippen molar-refractivity contribution in [3.05, 3.63) is 35.9 Å². The van der Waals surface area contributed by atoms with E-state index in [2.05, 4.69) is 12.1 Å². The molecule has 1 fully saturated rings. The van der Waals surface area contributed by atoms with Gasteiger partial charge in [-0.3, -0.25) is 0 Å². The van der Waals surface area contributed by atoms with Gasteiger partial charge < -0.3 is 14.2 Å². The SMILES string of the molecule is c1ccc(COCCOCCC[C@H]2CO2)cc1. The van der Waals surface area contributed by atoms with Gasteiger partial charge in [0.05, 0.1) is 32.5 Å². The van der Waals surface area contributed by atoms with Crippen molar-refractivity contribution in [1.82, 2.24) is 0 Å². The van der Waals surface area contributed by atoms with Crippen LogP contribution in [0.25, 0.3) is 0 Å². The molecule has 0 N–H and O–H groups in total. The molecule has 1 aromatic carbocycles. The summed E-state index contributed by atoms with van der Waals surface area (Å²) in [4.78, 5) is 0. The van der Waals surface area contributed by atoms with Crippen molar-refractivity contribution in [1.29, 1.82) is 0 Å². The van der Waals surface area contributed by atoms with Gasteiger partial charge in [-0.1, -0.05) is 30.3 Å². The Bertz CT molecular complexity index is 296. The number of hydrogen-bond acceptors (Lipinski definition) is 3. The van der Waals surface area contributed by atoms with Gasteiger partial charge in [-0.2, -0.15) is 0 Å². The summed E-state index contributed by atoms with van der Waals surface area (Å²) in [6.07, 6.45) is 2.74. The summed E-state index contributed by atoms with van der Waals surface area (Å²) in [7, 11) is 0. The second kappa shape index (κ2) is 7.43. The van der Waals surface area contributed by atoms with Gasteiger partial charge in [-0.25, -0.2) is 0 Å². The standard InChI is InChI=1S/C14H20O3/c1-2-5-13(6-3-1)11-16-10-9-15-8-4-7-14-12-17-14/h1-3,5-6,14H,4,7-12H2/t14-/m0/s1. The number of rotatable bonds is 9. The summed E-state index contributed by atoms with van der Waals surface area (Å²) < 4.78 is 16.1. The normalized spacial score (nSPS) is 18.2. The highest BCUT2D eigenvalue weighted by atomic mass is 16.6. The fraction of sp³-hybridized carbons (Fsp3) is 0.571. The van der Waals surface area contributed by atoms with Crippen LogP contribution in [0.15, 0.2) is 30.3 Å². The number of ether oxygens (including phenoxy) is 3. The molecule has 1 atom stereocenters. The predicted octanol–water partition coefficient (Wildman–Crippen LogP) is 2.40. The Morgan fingerprint density at radius 3 is 2.59 bits per heavy atom. The van der Waals surface area contributed by atoms with Crippen molar-refractivity contribution in [2.75, 3.05) is 26.4 Å². The molecule has 17 heavy (non-hydrogen) atoms. The van der Waals surface area contributed by atoms with Gasteiger partial charge in [-0.05, 0) is 18.4 Å². The summed E-state index contributed by atoms with van der Waals surface area (Å²) in [5.41, 5.74) is 1.21. The average molecular weight is 236 g/mol. The molecule has 1 saturated heterocycles. The van der Waals surface area contributed by atoms with Gasteiger partial charge in [0.2, 0.25) is 0 Å². The van der Waals surface area contributed by atoms with E-state index in [9.17, 15) is 0 Å². The zero-order valence-corrected chi connectivity index (χ0v) is 10.1. The Morgan fingerprint density at radius 1 is 1.06 bits per heavy atom. The van der Waals surface area contributed by atoms with Crippen molar-refractivity contribution < 1.29 is 14.2 Å². The highest BCUT2D eigenvalue weighted by Gasteiger charge is 2.20. The smallest absolute Gasteiger partial charge is 0.0810 e. The van der Waals surface area contributed by atoms with Gasteiger partial charge in [0, 0.05) is 6.61 Å². The average Bonchev–Trinajstić information content (AvgIpc) is 3.18. The first-order chi connectivity index (χ1) is 8.45. The topological polar surface area (TPSA) is 31.0 Å². The van der Waals surface area contributed by atoms with Crippen molar-refractivity contribution in [2.24, 2.45) is 0 Å². The molecular formula is C14H20O3. The lowest BCUT2D eigenvalue weighted by atomic mass is 10.2. The van der Waals surface area contributed by atoms with Gasteiger partial charge in [0.15, 0.2) is 0 Å². The van der Waals surface area contributed by atoms with E-state index < -0.39 is 0 Å². The lowest BCUT2D eigenvalue weighted by molar-refractivity contribution is 0.0390. The molecule has 94 valence electrons. The predicted molar refractivity (Wildman–Crippen MR) is 65.9 cm³/mol. The molecule has 0 aliphatic carbocycles. The number of benzene rings is 1. The molecule has 0 spiro atoms. The van der Waals surface area contributed by atoms with Crippen LogP contribution in [-0.4, -0.2) is 32.5 Å². The minimum atomic E-state index is 0.521. The second-order valence-electron chi connectivity index (χ2n) is 4.25. The van der Waals surface area contributed by atoms with E-state index >= 15 is 0 Å². The Hall–Kier alpha value is -0.900. The quantitative estimate of drug-likeness (QED) is 0.487. The van der Waals surface area contributed by atoms with Crippen molar-refractivity contribution in [3.8, 4) is 0 Å². The van der Waals surface area contributed by atoms with Crippen LogP contribution in [0, 0.1) is 0 Å². The maximum absolute atomic E-state index is 5.51. The lowest BCUT2D eigenvalue weighted by Gasteiger charge is -2.05. The minimum absolute atomic E-state index is 0.521. The molecule has 3 heteroatoms. The lowest BCUT2D eigenvalue weighted by Crippen LogP contribution is -2.05. The summed E-state index contributed by atoms with van der Waals surface area (Å²) in [6, 6.07) is 10.2. The van der Waals surface area contributed by atoms with Gasteiger partial charge in [0.25, 0.3) is 0 Å². The van der Waals surface area contributed by atoms with E-state index in [1.165, 1.54) is 5.56 Å². The van der Waals surface area contributed by atoms with Gasteiger partial charge in [0.1, 0.15) is 0 Å². The third kappa shape index (κ3) is 5.82. The second-order valence-corrected chi connectivity index (χ2v) is 4.25. The highest BCUT2D eigenvalue weighted by Crippen LogP contribution is 2.14. The van der Waals surface area contributed by atoms with Crippen LogP contribution in [0.5, 0.6) is 0 Å². The van der Waals surface area contributed by atoms with E-state index in [1.54, 1.807) is 0 Å². The van der Waals surface area contributed by atoms with Gasteiger partial charge in [-0.15, -0.1) is 0 Å². The van der Waals surface area contributed by atoms with Crippen molar-refractivity contribution in [3.63, 3.8) is 0 Å². The molecule has 0 bridgehead atoms. The molecule has 1 heterocycles. The molecule has 1 aliphatic heterocycles. The molecule has 0 unspecified atom stereocenters. The molecular weight excluding hydrogens is 216 g/mol. The first kappa shape index (κ1) is 12.6. The van der Waals surface area contributed by atoms with Crippen LogP contribution >= 0.6 is 0 Å². The van der Waals surface area contributed by atoms with Crippen LogP contribution in [0.4, 0.5) is 0 Å². The monoisotopic (exact) mass is 236 g/mol. The van der Waals surface area contributed by atoms with Gasteiger partial charge >= 0.3 is 0 Å². The third-order valence-electron chi connectivity index (χ3n) is 2.70. The summed E-state index contributed by atoms with van der Waals surface area (Å²) >= 11 is 0. The largest absolute Gasteiger partial charge is 0.379 e. The fourth-order valence-electron chi connectivity index (χ4n) is 1.63. The third-order valence-corrected chi connectivity index (χ3v) is 2.70. The van der Waals surface area contributed by atoms with Crippen LogP contribution < -0.4 is 0 Å². The molecule has 3 nitrogen and oxygen atoms in total. The van der Waals surface area contributed by atoms with Crippen molar-refractivity contribution in [2.45, 2.75) is 25.6 Å². The molecule has 1 aliphatic rings. The summed E-state index contributed by atoms with van der Waals surface area (Å²) in [6.45, 7) is 3.77. The Morgan fingerprint density at radius 2 is 1.82 bits per heavy atom. The Kier molecular flexibility index (Phi) is 5.49. The molecule has 1 aromatic rings. The highest BCUT2D eigenvalue weighted by molar-refractivity contribution is 5.13. The Labute approximate surface area is 103 Å². The molecule has 0 radical (unpaired) electrons. The summed E-state index contributed by atoms with van der Waals surface area (Å²) in [5.74, 6) is 0. The maximum atomic E-state index is 5.51. The van der Waals surface area contributed by atoms with Crippen LogP contribution in [0.1, 0.15) is 18.4 Å². The first-order valence-corrected chi connectivity index (χ1v) is 6.26. The zero-order chi connectivity index (χ0) is 11.8. The zero-order valence-electron chi connectivity index (χ0n) is 10.1. The van der Waals surface area contributed by atoms with E-state index in [0.29, 0.717) is 25.9 Å². The van der Waals surface area contributed by atoms with E-state index in [1.807, 2.05) is 18.2 Å². The molecule has 0 saturated carbocycles. The first-order valence-electron chi connectivity index (χ1n) is 6.26. The Balaban J connectivity index is 1.38. The van der Waals surface area contributed by atoms with E-state index in [4.69, 9.17) is 14.2 Å². The maximum Gasteiger partial charge on any atom is 0.0810 e. The molecule has 0 amide bonds. The number of epoxide rings is 1. The van der Waals surface area contributed by atoms with Crippen LogP contribution in [-0.2, 0) is 20.8 Å². The number of hydrogen-bond donors (Lipinski definition) is 0. The van der Waals surface area contributed by atoms with Crippen LogP contribution in [0.3, 0.4) is 0 Å². The minimum Gasteiger partial charge on any atom is -0.379 e. The van der Waals surface area contributed by atoms with Crippen LogP contribution in [0.2, 0.25) is 0 Å². The molecule has 0 aromatic heterocycles. The van der Waals surface area contributed by atoms with Crippen molar-refractivity contribution >= 4 is 0 Å². The molecule has 2 rings (SSSR count). The summed E-state index contributed by atoms with van der Waals surface area (Å²) in [5, 5.41) is 0. The fourth-order valence-corrected chi connectivity index (χ4v) is 1.63.